The van der Waals surface area contributed by atoms with Crippen LogP contribution in [-0.4, -0.2) is 28.2 Å². The largest absolute Gasteiger partial charge is 0.445 e. The van der Waals surface area contributed by atoms with Crippen LogP contribution in [0.2, 0.25) is 0 Å². The minimum absolute atomic E-state index is 0.324. The molecule has 1 aromatic rings. The van der Waals surface area contributed by atoms with Crippen molar-refractivity contribution in [2.24, 2.45) is 0 Å². The van der Waals surface area contributed by atoms with Crippen LogP contribution in [0.3, 0.4) is 0 Å². The zero-order chi connectivity index (χ0) is 33.9. The third kappa shape index (κ3) is 19.7. The molecule has 0 aliphatic rings. The summed E-state index contributed by atoms with van der Waals surface area (Å²) in [4.78, 5) is 26.7. The quantitative estimate of drug-likeness (QED) is 0.0512. The SMILES string of the molecule is CCCCCCCCCCCCCCCCC(C)(OC(=O)C(C)(O)CCCCCCCCCCCC)C(=O)Oc1ccccc1C. The van der Waals surface area contributed by atoms with Gasteiger partial charge in [-0.15, -0.1) is 0 Å². The molecule has 1 aromatic carbocycles. The van der Waals surface area contributed by atoms with Crippen LogP contribution in [0.25, 0.3) is 0 Å². The second kappa shape index (κ2) is 26.1. The van der Waals surface area contributed by atoms with Crippen LogP contribution in [0.5, 0.6) is 5.75 Å². The molecule has 0 saturated heterocycles. The van der Waals surface area contributed by atoms with E-state index in [1.165, 1.54) is 122 Å². The molecule has 0 heterocycles. The fourth-order valence-corrected chi connectivity index (χ4v) is 6.10. The number of hydrogen-bond donors (Lipinski definition) is 1. The Morgan fingerprint density at radius 1 is 0.565 bits per heavy atom. The summed E-state index contributed by atoms with van der Waals surface area (Å²) in [7, 11) is 0. The number of unbranched alkanes of at least 4 members (excludes halogenated alkanes) is 22. The third-order valence-electron chi connectivity index (χ3n) is 9.51. The molecule has 0 fully saturated rings. The molecule has 5 nitrogen and oxygen atoms in total. The van der Waals surface area contributed by atoms with Gasteiger partial charge in [0.25, 0.3) is 0 Å². The number of aliphatic hydroxyl groups is 1. The summed E-state index contributed by atoms with van der Waals surface area (Å²) in [6, 6.07) is 7.36. The molecule has 0 radical (unpaired) electrons. The van der Waals surface area contributed by atoms with Crippen molar-refractivity contribution in [2.75, 3.05) is 0 Å². The normalized spacial score (nSPS) is 14.0. The Balaban J connectivity index is 2.51. The summed E-state index contributed by atoms with van der Waals surface area (Å²) in [6.45, 7) is 9.55. The Morgan fingerprint density at radius 2 is 0.935 bits per heavy atom. The maximum atomic E-state index is 13.5. The number of carbonyl (C=O) groups excluding carboxylic acids is 2. The van der Waals surface area contributed by atoms with E-state index in [1.807, 2.05) is 25.1 Å². The van der Waals surface area contributed by atoms with E-state index in [0.717, 1.165) is 44.1 Å². The number of rotatable bonds is 30. The van der Waals surface area contributed by atoms with Gasteiger partial charge in [0.2, 0.25) is 5.60 Å². The van der Waals surface area contributed by atoms with Gasteiger partial charge in [0.05, 0.1) is 0 Å². The van der Waals surface area contributed by atoms with Crippen LogP contribution in [-0.2, 0) is 14.3 Å². The van der Waals surface area contributed by atoms with Gasteiger partial charge < -0.3 is 14.6 Å². The van der Waals surface area contributed by atoms with Gasteiger partial charge >= 0.3 is 11.9 Å². The van der Waals surface area contributed by atoms with Crippen LogP contribution in [0, 0.1) is 6.92 Å². The Labute approximate surface area is 284 Å². The average Bonchev–Trinajstić information content (AvgIpc) is 3.03. The van der Waals surface area contributed by atoms with Crippen molar-refractivity contribution in [2.45, 2.75) is 213 Å². The number of aryl methyl sites for hydroxylation is 1. The highest BCUT2D eigenvalue weighted by Gasteiger charge is 2.43. The summed E-state index contributed by atoms with van der Waals surface area (Å²) in [6.07, 6.45) is 29.9. The van der Waals surface area contributed by atoms with Crippen LogP contribution >= 0.6 is 0 Å². The predicted octanol–water partition coefficient (Wildman–Crippen LogP) is 12.1. The maximum Gasteiger partial charge on any atom is 0.355 e. The van der Waals surface area contributed by atoms with Crippen molar-refractivity contribution in [1.82, 2.24) is 0 Å². The predicted molar refractivity (Wildman–Crippen MR) is 193 cm³/mol. The number of benzene rings is 1. The third-order valence-corrected chi connectivity index (χ3v) is 9.51. The molecule has 266 valence electrons. The molecule has 5 heteroatoms. The van der Waals surface area contributed by atoms with Gasteiger partial charge in [0.15, 0.2) is 5.60 Å². The first-order valence-corrected chi connectivity index (χ1v) is 19.4. The number of ether oxygens (including phenoxy) is 2. The fraction of sp³-hybridized carbons (Fsp3) is 0.805. The Bertz CT molecular complexity index is 910. The van der Waals surface area contributed by atoms with Gasteiger partial charge in [-0.2, -0.15) is 0 Å². The molecular weight excluding hydrogens is 572 g/mol. The molecule has 0 bridgehead atoms. The molecule has 0 amide bonds. The molecule has 0 saturated carbocycles. The van der Waals surface area contributed by atoms with Crippen molar-refractivity contribution < 1.29 is 24.2 Å². The van der Waals surface area contributed by atoms with Crippen molar-refractivity contribution in [3.8, 4) is 5.75 Å². The van der Waals surface area contributed by atoms with E-state index in [2.05, 4.69) is 13.8 Å². The van der Waals surface area contributed by atoms with Crippen molar-refractivity contribution >= 4 is 11.9 Å². The monoisotopic (exact) mass is 645 g/mol. The number of hydrogen-bond acceptors (Lipinski definition) is 5. The minimum atomic E-state index is -1.64. The standard InChI is InChI=1S/C41H72O5/c1-6-8-10-12-14-16-18-19-20-21-23-25-27-31-35-41(5,39(43)45-37-33-29-28-32-36(37)3)46-38(42)40(4,44)34-30-26-24-22-17-15-13-11-9-7-2/h28-29,32-33,44H,6-27,30-31,34-35H2,1-5H3. The lowest BCUT2D eigenvalue weighted by Crippen LogP contribution is -2.48. The van der Waals surface area contributed by atoms with Gasteiger partial charge in [-0.25, -0.2) is 9.59 Å². The topological polar surface area (TPSA) is 72.8 Å². The van der Waals surface area contributed by atoms with Crippen molar-refractivity contribution in [1.29, 1.82) is 0 Å². The van der Waals surface area contributed by atoms with E-state index in [9.17, 15) is 14.7 Å². The first kappa shape index (κ1) is 42.1. The first-order chi connectivity index (χ1) is 22.2. The molecule has 46 heavy (non-hydrogen) atoms. The Morgan fingerprint density at radius 3 is 1.35 bits per heavy atom. The van der Waals surface area contributed by atoms with E-state index in [-0.39, 0.29) is 0 Å². The van der Waals surface area contributed by atoms with Gasteiger partial charge in [0, 0.05) is 0 Å². The highest BCUT2D eigenvalue weighted by atomic mass is 16.6. The van der Waals surface area contributed by atoms with Gasteiger partial charge in [0.1, 0.15) is 5.75 Å². The zero-order valence-corrected chi connectivity index (χ0v) is 30.8. The van der Waals surface area contributed by atoms with E-state index in [1.54, 1.807) is 13.0 Å². The first-order valence-electron chi connectivity index (χ1n) is 19.4. The summed E-state index contributed by atoms with van der Waals surface area (Å²) < 4.78 is 11.6. The molecule has 1 rings (SSSR count). The molecule has 0 aliphatic carbocycles. The fourth-order valence-electron chi connectivity index (χ4n) is 6.10. The molecule has 1 N–H and O–H groups in total. The van der Waals surface area contributed by atoms with Gasteiger partial charge in [-0.1, -0.05) is 173 Å². The van der Waals surface area contributed by atoms with E-state index in [0.29, 0.717) is 18.6 Å². The van der Waals surface area contributed by atoms with Crippen molar-refractivity contribution in [3.63, 3.8) is 0 Å². The number of para-hydroxylation sites is 1. The van der Waals surface area contributed by atoms with E-state index >= 15 is 0 Å². The summed E-state index contributed by atoms with van der Waals surface area (Å²) in [5, 5.41) is 11.1. The molecule has 0 aromatic heterocycles. The summed E-state index contributed by atoms with van der Waals surface area (Å²) in [5.74, 6) is -0.856. The molecule has 0 spiro atoms. The lowest BCUT2D eigenvalue weighted by atomic mass is 9.94. The molecule has 2 atom stereocenters. The van der Waals surface area contributed by atoms with Crippen LogP contribution < -0.4 is 4.74 Å². The minimum Gasteiger partial charge on any atom is -0.445 e. The maximum absolute atomic E-state index is 13.5. The smallest absolute Gasteiger partial charge is 0.355 e. The lowest BCUT2D eigenvalue weighted by Gasteiger charge is -2.31. The summed E-state index contributed by atoms with van der Waals surface area (Å²) in [5.41, 5.74) is -2.26. The van der Waals surface area contributed by atoms with E-state index in [4.69, 9.17) is 9.47 Å². The highest BCUT2D eigenvalue weighted by molar-refractivity contribution is 5.87. The summed E-state index contributed by atoms with van der Waals surface area (Å²) >= 11 is 0. The second-order valence-corrected chi connectivity index (χ2v) is 14.3. The Hall–Kier alpha value is -1.88. The van der Waals surface area contributed by atoms with E-state index < -0.39 is 23.1 Å². The van der Waals surface area contributed by atoms with Crippen LogP contribution in [0.4, 0.5) is 0 Å². The molecular formula is C41H72O5. The Kier molecular flexibility index (Phi) is 23.9. The van der Waals surface area contributed by atoms with Gasteiger partial charge in [-0.05, 0) is 58.1 Å². The lowest BCUT2D eigenvalue weighted by molar-refractivity contribution is -0.189. The van der Waals surface area contributed by atoms with Crippen LogP contribution in [0.1, 0.15) is 200 Å². The number of carbonyl (C=O) groups is 2. The zero-order valence-electron chi connectivity index (χ0n) is 30.8. The number of esters is 2. The van der Waals surface area contributed by atoms with Crippen molar-refractivity contribution in [3.05, 3.63) is 29.8 Å². The van der Waals surface area contributed by atoms with Gasteiger partial charge in [-0.3, -0.25) is 0 Å². The highest BCUT2D eigenvalue weighted by Crippen LogP contribution is 2.28. The second-order valence-electron chi connectivity index (χ2n) is 14.3. The van der Waals surface area contributed by atoms with Crippen LogP contribution in [0.15, 0.2) is 24.3 Å². The molecule has 2 unspecified atom stereocenters. The average molecular weight is 645 g/mol. The molecule has 0 aliphatic heterocycles.